The summed E-state index contributed by atoms with van der Waals surface area (Å²) in [5.41, 5.74) is 1.50. The van der Waals surface area contributed by atoms with Crippen molar-refractivity contribution in [3.05, 3.63) is 96.6 Å². The monoisotopic (exact) mass is 489 g/mol. The van der Waals surface area contributed by atoms with Crippen molar-refractivity contribution in [3.63, 3.8) is 0 Å². The van der Waals surface area contributed by atoms with Crippen LogP contribution in [-0.2, 0) is 16.6 Å². The van der Waals surface area contributed by atoms with Crippen LogP contribution >= 0.6 is 22.9 Å². The van der Waals surface area contributed by atoms with Gasteiger partial charge in [0.25, 0.3) is 15.7 Å². The molecule has 1 N–H and O–H groups in total. The summed E-state index contributed by atoms with van der Waals surface area (Å²) in [6, 6.07) is 15.7. The third-order valence-corrected chi connectivity index (χ3v) is 7.66. The Balaban J connectivity index is 1.70. The van der Waals surface area contributed by atoms with Gasteiger partial charge in [-0.25, -0.2) is 8.42 Å². The molecule has 1 aromatic heterocycles. The predicted molar refractivity (Wildman–Crippen MR) is 125 cm³/mol. The average Bonchev–Trinajstić information content (AvgIpc) is 3.05. The summed E-state index contributed by atoms with van der Waals surface area (Å²) >= 11 is 7.14. The quantitative estimate of drug-likeness (QED) is 0.309. The van der Waals surface area contributed by atoms with Crippen molar-refractivity contribution in [3.8, 4) is 0 Å². The standard InChI is InChI=1S/C21H16ClN3O5S2/c1-13-17(7-4-8-18(13)25(27)28)23-32(29,30)15-9-10-19-20(11-15)31-21(26)24(19)12-14-5-2-3-6-16(14)22/h2-11,23H,12H2,1H3. The molecule has 0 spiro atoms. The second-order valence-electron chi connectivity index (χ2n) is 6.99. The molecule has 4 aromatic rings. The number of hydrogen-bond donors (Lipinski definition) is 1. The number of nitro benzene ring substituents is 1. The number of aromatic nitrogens is 1. The van der Waals surface area contributed by atoms with Gasteiger partial charge in [0.2, 0.25) is 0 Å². The minimum Gasteiger partial charge on any atom is -0.294 e. The van der Waals surface area contributed by atoms with Crippen molar-refractivity contribution >= 4 is 54.6 Å². The van der Waals surface area contributed by atoms with Crippen molar-refractivity contribution < 1.29 is 13.3 Å². The Morgan fingerprint density at radius 1 is 1.12 bits per heavy atom. The van der Waals surface area contributed by atoms with E-state index in [9.17, 15) is 23.3 Å². The van der Waals surface area contributed by atoms with Gasteiger partial charge in [0.1, 0.15) is 0 Å². The summed E-state index contributed by atoms with van der Waals surface area (Å²) < 4.78 is 30.3. The van der Waals surface area contributed by atoms with Gasteiger partial charge < -0.3 is 0 Å². The lowest BCUT2D eigenvalue weighted by atomic mass is 10.2. The molecule has 0 unspecified atom stereocenters. The number of halogens is 1. The van der Waals surface area contributed by atoms with Crippen LogP contribution in [0.5, 0.6) is 0 Å². The van der Waals surface area contributed by atoms with E-state index >= 15 is 0 Å². The molecule has 0 radical (unpaired) electrons. The number of hydrogen-bond acceptors (Lipinski definition) is 6. The number of benzene rings is 3. The Labute approximate surface area is 191 Å². The van der Waals surface area contributed by atoms with Crippen molar-refractivity contribution in [1.29, 1.82) is 0 Å². The fourth-order valence-electron chi connectivity index (χ4n) is 3.30. The maximum Gasteiger partial charge on any atom is 0.308 e. The number of anilines is 1. The number of nitro groups is 1. The van der Waals surface area contributed by atoms with E-state index in [1.165, 1.54) is 41.8 Å². The summed E-state index contributed by atoms with van der Waals surface area (Å²) in [7, 11) is -4.04. The van der Waals surface area contributed by atoms with E-state index in [0.29, 0.717) is 15.2 Å². The normalized spacial score (nSPS) is 11.6. The molecule has 0 amide bonds. The molecule has 0 fully saturated rings. The van der Waals surface area contributed by atoms with E-state index in [2.05, 4.69) is 4.72 Å². The number of nitrogens with one attached hydrogen (secondary N) is 1. The molecule has 11 heteroatoms. The van der Waals surface area contributed by atoms with Crippen LogP contribution in [0.15, 0.2) is 70.4 Å². The minimum absolute atomic E-state index is 0.0537. The van der Waals surface area contributed by atoms with Crippen LogP contribution in [0.4, 0.5) is 11.4 Å². The lowest BCUT2D eigenvalue weighted by molar-refractivity contribution is -0.385. The summed E-state index contributed by atoms with van der Waals surface area (Å²) in [4.78, 5) is 22.8. The predicted octanol–water partition coefficient (Wildman–Crippen LogP) is 4.78. The Kier molecular flexibility index (Phi) is 5.76. The summed E-state index contributed by atoms with van der Waals surface area (Å²) in [5, 5.41) is 11.7. The van der Waals surface area contributed by atoms with Gasteiger partial charge in [-0.1, -0.05) is 47.2 Å². The van der Waals surface area contributed by atoms with Gasteiger partial charge in [0.15, 0.2) is 0 Å². The molecule has 8 nitrogen and oxygen atoms in total. The zero-order chi connectivity index (χ0) is 23.0. The zero-order valence-electron chi connectivity index (χ0n) is 16.6. The highest BCUT2D eigenvalue weighted by molar-refractivity contribution is 7.92. The molecule has 0 saturated heterocycles. The zero-order valence-corrected chi connectivity index (χ0v) is 19.0. The topological polar surface area (TPSA) is 111 Å². The fraction of sp³-hybridized carbons (Fsp3) is 0.0952. The number of nitrogens with zero attached hydrogens (tertiary/aromatic N) is 2. The van der Waals surface area contributed by atoms with Crippen LogP contribution < -0.4 is 9.60 Å². The first kappa shape index (κ1) is 22.0. The van der Waals surface area contributed by atoms with Crippen LogP contribution in [0.2, 0.25) is 5.02 Å². The molecule has 3 aromatic carbocycles. The highest BCUT2D eigenvalue weighted by Gasteiger charge is 2.21. The smallest absolute Gasteiger partial charge is 0.294 e. The number of rotatable bonds is 6. The minimum atomic E-state index is -4.04. The fourth-order valence-corrected chi connectivity index (χ4v) is 5.64. The van der Waals surface area contributed by atoms with Crippen molar-refractivity contribution in [2.75, 3.05) is 4.72 Å². The van der Waals surface area contributed by atoms with Crippen LogP contribution in [0, 0.1) is 17.0 Å². The van der Waals surface area contributed by atoms with Crippen LogP contribution in [0.3, 0.4) is 0 Å². The van der Waals surface area contributed by atoms with Gasteiger partial charge in [-0.2, -0.15) is 0 Å². The molecule has 0 saturated carbocycles. The van der Waals surface area contributed by atoms with Crippen LogP contribution in [-0.4, -0.2) is 17.9 Å². The molecule has 164 valence electrons. The largest absolute Gasteiger partial charge is 0.308 e. The molecule has 1 heterocycles. The van der Waals surface area contributed by atoms with Crippen molar-refractivity contribution in [2.24, 2.45) is 0 Å². The third-order valence-electron chi connectivity index (χ3n) is 4.98. The lowest BCUT2D eigenvalue weighted by Crippen LogP contribution is -2.15. The van der Waals surface area contributed by atoms with Gasteiger partial charge in [0.05, 0.1) is 37.8 Å². The van der Waals surface area contributed by atoms with E-state index in [-0.39, 0.29) is 33.3 Å². The summed E-state index contributed by atoms with van der Waals surface area (Å²) in [6.45, 7) is 1.73. The maximum absolute atomic E-state index is 12.9. The summed E-state index contributed by atoms with van der Waals surface area (Å²) in [5.74, 6) is 0. The Morgan fingerprint density at radius 2 is 1.88 bits per heavy atom. The highest BCUT2D eigenvalue weighted by atomic mass is 35.5. The molecular formula is C21H16ClN3O5S2. The molecule has 0 aliphatic heterocycles. The summed E-state index contributed by atoms with van der Waals surface area (Å²) in [6.07, 6.45) is 0. The first-order valence-corrected chi connectivity index (χ1v) is 12.0. The van der Waals surface area contributed by atoms with Crippen molar-refractivity contribution in [2.45, 2.75) is 18.4 Å². The maximum atomic E-state index is 12.9. The molecular weight excluding hydrogens is 474 g/mol. The molecule has 0 aliphatic rings. The van der Waals surface area contributed by atoms with Gasteiger partial charge in [0, 0.05) is 11.1 Å². The third kappa shape index (κ3) is 4.12. The second-order valence-corrected chi connectivity index (χ2v) is 10.1. The first-order chi connectivity index (χ1) is 15.2. The van der Waals surface area contributed by atoms with E-state index in [1.807, 2.05) is 12.1 Å². The van der Waals surface area contributed by atoms with Gasteiger partial charge in [-0.05, 0) is 42.8 Å². The molecule has 4 rings (SSSR count). The highest BCUT2D eigenvalue weighted by Crippen LogP contribution is 2.29. The van der Waals surface area contributed by atoms with Gasteiger partial charge in [-0.3, -0.25) is 24.2 Å². The Bertz CT molecular complexity index is 1530. The van der Waals surface area contributed by atoms with Crippen molar-refractivity contribution in [1.82, 2.24) is 4.57 Å². The Hall–Kier alpha value is -3.21. The molecule has 0 atom stereocenters. The number of fused-ring (bicyclic) bond motifs is 1. The lowest BCUT2D eigenvalue weighted by Gasteiger charge is -2.11. The van der Waals surface area contributed by atoms with Gasteiger partial charge >= 0.3 is 4.87 Å². The van der Waals surface area contributed by atoms with Gasteiger partial charge in [-0.15, -0.1) is 0 Å². The number of thiazole rings is 1. The first-order valence-electron chi connectivity index (χ1n) is 9.31. The molecule has 0 aliphatic carbocycles. The van der Waals surface area contributed by atoms with E-state index in [0.717, 1.165) is 16.9 Å². The molecule has 0 bridgehead atoms. The number of sulfonamides is 1. The van der Waals surface area contributed by atoms with E-state index < -0.39 is 14.9 Å². The Morgan fingerprint density at radius 3 is 2.59 bits per heavy atom. The van der Waals surface area contributed by atoms with E-state index in [1.54, 1.807) is 18.2 Å². The van der Waals surface area contributed by atoms with Crippen LogP contribution in [0.1, 0.15) is 11.1 Å². The molecule has 32 heavy (non-hydrogen) atoms. The average molecular weight is 490 g/mol. The van der Waals surface area contributed by atoms with Crippen LogP contribution in [0.25, 0.3) is 10.2 Å². The SMILES string of the molecule is Cc1c(NS(=O)(=O)c2ccc3c(c2)sc(=O)n3Cc2ccccc2Cl)cccc1[N+](=O)[O-]. The van der Waals surface area contributed by atoms with E-state index in [4.69, 9.17) is 11.6 Å². The second kappa shape index (κ2) is 8.38.